The maximum absolute atomic E-state index is 10.7. The highest BCUT2D eigenvalue weighted by Crippen LogP contribution is 2.44. The number of hydrogen-bond acceptors (Lipinski definition) is 5. The summed E-state index contributed by atoms with van der Waals surface area (Å²) >= 11 is 0. The number of aldehydes is 1. The molecule has 0 fully saturated rings. The third-order valence-corrected chi connectivity index (χ3v) is 2.30. The summed E-state index contributed by atoms with van der Waals surface area (Å²) in [5.74, 6) is -2.19. The van der Waals surface area contributed by atoms with E-state index in [1.807, 2.05) is 0 Å². The predicted octanol–water partition coefficient (Wildman–Crippen LogP) is 0.554. The normalized spacial score (nSPS) is 23.3. The Labute approximate surface area is 85.5 Å². The predicted molar refractivity (Wildman–Crippen MR) is 50.1 cm³/mol. The lowest BCUT2D eigenvalue weighted by atomic mass is 10.0. The maximum atomic E-state index is 10.7. The number of rotatable bonds is 1. The summed E-state index contributed by atoms with van der Waals surface area (Å²) in [5.41, 5.74) is 0.361. The number of hydrogen-bond donors (Lipinski definition) is 3. The Hall–Kier alpha value is -1.75. The molecule has 0 spiro atoms. The first kappa shape index (κ1) is 9.79. The molecule has 0 bridgehead atoms. The molecule has 3 N–H and O–H groups in total. The lowest BCUT2D eigenvalue weighted by Gasteiger charge is -2.15. The quantitative estimate of drug-likeness (QED) is 0.465. The van der Waals surface area contributed by atoms with E-state index in [1.165, 1.54) is 13.0 Å². The number of ether oxygens (including phenoxy) is 1. The van der Waals surface area contributed by atoms with Gasteiger partial charge in [-0.3, -0.25) is 4.79 Å². The van der Waals surface area contributed by atoms with E-state index in [0.717, 1.165) is 0 Å². The zero-order valence-corrected chi connectivity index (χ0v) is 8.02. The van der Waals surface area contributed by atoms with E-state index in [4.69, 9.17) is 4.74 Å². The van der Waals surface area contributed by atoms with Gasteiger partial charge in [0, 0.05) is 18.9 Å². The van der Waals surface area contributed by atoms with Crippen LogP contribution < -0.4 is 4.74 Å². The van der Waals surface area contributed by atoms with E-state index < -0.39 is 17.3 Å². The number of benzene rings is 1. The van der Waals surface area contributed by atoms with Crippen LogP contribution in [0.2, 0.25) is 0 Å². The Morgan fingerprint density at radius 2 is 2.20 bits per heavy atom. The second-order valence-electron chi connectivity index (χ2n) is 3.72. The Balaban J connectivity index is 2.64. The average Bonchev–Trinajstić information content (AvgIpc) is 2.41. The molecule has 2 rings (SSSR count). The molecule has 0 aromatic heterocycles. The number of carbonyl (C=O) groups is 1. The number of phenols is 2. The van der Waals surface area contributed by atoms with E-state index in [2.05, 4.69) is 0 Å². The molecule has 5 heteroatoms. The summed E-state index contributed by atoms with van der Waals surface area (Å²) in [6.07, 6.45) is 0.548. The molecule has 1 aliphatic heterocycles. The van der Waals surface area contributed by atoms with Gasteiger partial charge >= 0.3 is 0 Å². The molecule has 80 valence electrons. The molecule has 5 nitrogen and oxygen atoms in total. The summed E-state index contributed by atoms with van der Waals surface area (Å²) in [4.78, 5) is 10.7. The first-order valence-corrected chi connectivity index (χ1v) is 4.39. The zero-order valence-electron chi connectivity index (χ0n) is 8.02. The second-order valence-corrected chi connectivity index (χ2v) is 3.72. The molecule has 0 saturated heterocycles. The number of aromatic hydroxyl groups is 2. The van der Waals surface area contributed by atoms with Crippen molar-refractivity contribution in [3.05, 3.63) is 17.2 Å². The summed E-state index contributed by atoms with van der Waals surface area (Å²) in [7, 11) is 0. The Morgan fingerprint density at radius 1 is 1.53 bits per heavy atom. The van der Waals surface area contributed by atoms with Crippen LogP contribution in [0, 0.1) is 0 Å². The summed E-state index contributed by atoms with van der Waals surface area (Å²) in [5, 5.41) is 28.3. The Morgan fingerprint density at radius 3 is 2.80 bits per heavy atom. The molecule has 1 unspecified atom stereocenters. The smallest absolute Gasteiger partial charge is 0.209 e. The van der Waals surface area contributed by atoms with Gasteiger partial charge in [-0.25, -0.2) is 0 Å². The Bertz CT molecular complexity index is 436. The van der Waals surface area contributed by atoms with Crippen molar-refractivity contribution >= 4 is 6.29 Å². The number of aliphatic hydroxyl groups is 1. The van der Waals surface area contributed by atoms with Gasteiger partial charge in [0.2, 0.25) is 5.79 Å². The lowest BCUT2D eigenvalue weighted by Crippen LogP contribution is -2.29. The molecule has 0 aliphatic carbocycles. The fourth-order valence-corrected chi connectivity index (χ4v) is 1.69. The first-order valence-electron chi connectivity index (χ1n) is 4.39. The summed E-state index contributed by atoms with van der Waals surface area (Å²) in [6, 6.07) is 1.28. The average molecular weight is 210 g/mol. The van der Waals surface area contributed by atoms with Crippen LogP contribution in [-0.4, -0.2) is 27.4 Å². The number of phenolic OH excluding ortho intramolecular Hbond substituents is 2. The van der Waals surface area contributed by atoms with Crippen LogP contribution in [0.4, 0.5) is 0 Å². The van der Waals surface area contributed by atoms with Crippen LogP contribution in [0.5, 0.6) is 17.2 Å². The van der Waals surface area contributed by atoms with E-state index in [9.17, 15) is 20.1 Å². The van der Waals surface area contributed by atoms with E-state index in [0.29, 0.717) is 11.8 Å². The standard InChI is InChI=1S/C10H10O5/c1-10(14)3-5-2-7(12)8(13)6(4-11)9(5)15-10/h2,4,12-14H,3H2,1H3. The molecule has 0 radical (unpaired) electrons. The SMILES string of the molecule is CC1(O)Cc2cc(O)c(O)c(C=O)c2O1. The first-order chi connectivity index (χ1) is 6.94. The van der Waals surface area contributed by atoms with Crippen LogP contribution >= 0.6 is 0 Å². The van der Waals surface area contributed by atoms with Crippen LogP contribution in [0.15, 0.2) is 6.07 Å². The molecular weight excluding hydrogens is 200 g/mol. The van der Waals surface area contributed by atoms with Crippen LogP contribution in [0.1, 0.15) is 22.8 Å². The molecule has 1 aromatic carbocycles. The largest absolute Gasteiger partial charge is 0.504 e. The van der Waals surface area contributed by atoms with E-state index in [-0.39, 0.29) is 17.7 Å². The molecule has 1 aromatic rings. The van der Waals surface area contributed by atoms with Crippen molar-refractivity contribution in [2.24, 2.45) is 0 Å². The van der Waals surface area contributed by atoms with Crippen LogP contribution in [-0.2, 0) is 6.42 Å². The van der Waals surface area contributed by atoms with E-state index in [1.54, 1.807) is 0 Å². The monoisotopic (exact) mass is 210 g/mol. The highest BCUT2D eigenvalue weighted by molar-refractivity contribution is 5.86. The van der Waals surface area contributed by atoms with Gasteiger partial charge in [-0.05, 0) is 6.07 Å². The minimum absolute atomic E-state index is 0.130. The van der Waals surface area contributed by atoms with Crippen molar-refractivity contribution in [3.63, 3.8) is 0 Å². The van der Waals surface area contributed by atoms with E-state index >= 15 is 0 Å². The minimum Gasteiger partial charge on any atom is -0.504 e. The molecule has 0 amide bonds. The Kier molecular flexibility index (Phi) is 1.87. The van der Waals surface area contributed by atoms with Gasteiger partial charge in [0.1, 0.15) is 11.3 Å². The number of carbonyl (C=O) groups excluding carboxylic acids is 1. The van der Waals surface area contributed by atoms with Crippen LogP contribution in [0.3, 0.4) is 0 Å². The highest BCUT2D eigenvalue weighted by atomic mass is 16.6. The number of fused-ring (bicyclic) bond motifs is 1. The highest BCUT2D eigenvalue weighted by Gasteiger charge is 2.36. The summed E-state index contributed by atoms with van der Waals surface area (Å²) < 4.78 is 5.11. The van der Waals surface area contributed by atoms with Crippen LogP contribution in [0.25, 0.3) is 0 Å². The fourth-order valence-electron chi connectivity index (χ4n) is 1.69. The van der Waals surface area contributed by atoms with Gasteiger partial charge in [0.25, 0.3) is 0 Å². The van der Waals surface area contributed by atoms with Gasteiger partial charge < -0.3 is 20.1 Å². The van der Waals surface area contributed by atoms with Gasteiger partial charge in [-0.1, -0.05) is 0 Å². The van der Waals surface area contributed by atoms with Crippen molar-refractivity contribution in [2.75, 3.05) is 0 Å². The maximum Gasteiger partial charge on any atom is 0.209 e. The van der Waals surface area contributed by atoms with Gasteiger partial charge in [0.15, 0.2) is 17.8 Å². The molecule has 1 atom stereocenters. The molecule has 15 heavy (non-hydrogen) atoms. The second kappa shape index (κ2) is 2.87. The third-order valence-electron chi connectivity index (χ3n) is 2.30. The molecule has 0 saturated carbocycles. The molecular formula is C10H10O5. The zero-order chi connectivity index (χ0) is 11.2. The minimum atomic E-state index is -1.40. The molecule has 1 aliphatic rings. The summed E-state index contributed by atoms with van der Waals surface area (Å²) in [6.45, 7) is 1.44. The molecule has 1 heterocycles. The van der Waals surface area contributed by atoms with Gasteiger partial charge in [0.05, 0.1) is 0 Å². The van der Waals surface area contributed by atoms with Crippen molar-refractivity contribution in [1.82, 2.24) is 0 Å². The van der Waals surface area contributed by atoms with Crippen molar-refractivity contribution < 1.29 is 24.9 Å². The fraction of sp³-hybridized carbons (Fsp3) is 0.300. The lowest BCUT2D eigenvalue weighted by molar-refractivity contribution is -0.104. The van der Waals surface area contributed by atoms with Gasteiger partial charge in [-0.2, -0.15) is 0 Å². The van der Waals surface area contributed by atoms with Crippen molar-refractivity contribution in [2.45, 2.75) is 19.1 Å². The third kappa shape index (κ3) is 1.41. The van der Waals surface area contributed by atoms with Crippen molar-refractivity contribution in [3.8, 4) is 17.2 Å². The topological polar surface area (TPSA) is 87.0 Å². The van der Waals surface area contributed by atoms with Gasteiger partial charge in [-0.15, -0.1) is 0 Å². The van der Waals surface area contributed by atoms with Crippen molar-refractivity contribution in [1.29, 1.82) is 0 Å².